The summed E-state index contributed by atoms with van der Waals surface area (Å²) in [5, 5.41) is 11.5. The van der Waals surface area contributed by atoms with Crippen LogP contribution in [0.1, 0.15) is 20.8 Å². The van der Waals surface area contributed by atoms with Crippen molar-refractivity contribution in [3.05, 3.63) is 70.9 Å². The van der Waals surface area contributed by atoms with Crippen molar-refractivity contribution in [2.75, 3.05) is 12.4 Å². The van der Waals surface area contributed by atoms with E-state index in [9.17, 15) is 32.3 Å². The molecule has 2 aromatic carbocycles. The highest BCUT2D eigenvalue weighted by molar-refractivity contribution is 6.07. The first-order valence-corrected chi connectivity index (χ1v) is 7.84. The zero-order valence-corrected chi connectivity index (χ0v) is 14.5. The molecule has 0 bridgehead atoms. The summed E-state index contributed by atoms with van der Waals surface area (Å²) in [5.74, 6) is -8.34. The van der Waals surface area contributed by atoms with Crippen LogP contribution in [-0.4, -0.2) is 33.6 Å². The van der Waals surface area contributed by atoms with Gasteiger partial charge in [-0.3, -0.25) is 9.36 Å². The average molecular weight is 409 g/mol. The number of nitrogens with one attached hydrogen (secondary N) is 1. The van der Waals surface area contributed by atoms with Gasteiger partial charge < -0.3 is 15.2 Å². The highest BCUT2D eigenvalue weighted by atomic mass is 19.1. The van der Waals surface area contributed by atoms with Gasteiger partial charge in [-0.1, -0.05) is 0 Å². The number of carboxylic acids is 1. The number of halogens is 4. The van der Waals surface area contributed by atoms with Gasteiger partial charge in [0.1, 0.15) is 28.8 Å². The normalized spacial score (nSPS) is 10.7. The lowest BCUT2D eigenvalue weighted by Gasteiger charge is -2.09. The number of hydrogen-bond donors (Lipinski definition) is 2. The van der Waals surface area contributed by atoms with Gasteiger partial charge in [-0.15, -0.1) is 0 Å². The third kappa shape index (κ3) is 3.74. The van der Waals surface area contributed by atoms with Gasteiger partial charge in [0.15, 0.2) is 11.5 Å². The minimum absolute atomic E-state index is 0.132. The molecule has 2 N–H and O–H groups in total. The molecule has 0 saturated heterocycles. The number of amides is 1. The highest BCUT2D eigenvalue weighted by Gasteiger charge is 2.28. The SMILES string of the molecule is COc1nc(NC(=O)c2c(F)cc(F)cc2F)c(C(=O)O)n1-c1ccc(F)cc1. The lowest BCUT2D eigenvalue weighted by molar-refractivity contribution is 0.0688. The monoisotopic (exact) mass is 409 g/mol. The van der Waals surface area contributed by atoms with Gasteiger partial charge in [-0.2, -0.15) is 4.98 Å². The van der Waals surface area contributed by atoms with Gasteiger partial charge in [0.05, 0.1) is 12.8 Å². The molecule has 150 valence electrons. The number of nitrogens with zero attached hydrogens (tertiary/aromatic N) is 2. The molecular weight excluding hydrogens is 398 g/mol. The molecule has 0 aliphatic carbocycles. The second kappa shape index (κ2) is 7.62. The van der Waals surface area contributed by atoms with Crippen molar-refractivity contribution in [3.8, 4) is 11.7 Å². The van der Waals surface area contributed by atoms with Crippen LogP contribution in [0.5, 0.6) is 6.01 Å². The summed E-state index contributed by atoms with van der Waals surface area (Å²) in [7, 11) is 1.17. The van der Waals surface area contributed by atoms with E-state index in [4.69, 9.17) is 4.74 Å². The second-order valence-electron chi connectivity index (χ2n) is 5.61. The number of imidazole rings is 1. The van der Waals surface area contributed by atoms with Gasteiger partial charge in [0.25, 0.3) is 5.91 Å². The Morgan fingerprint density at radius 1 is 1.03 bits per heavy atom. The molecule has 0 unspecified atom stereocenters. The van der Waals surface area contributed by atoms with E-state index in [1.54, 1.807) is 0 Å². The molecule has 11 heteroatoms. The van der Waals surface area contributed by atoms with Crippen LogP contribution in [0.4, 0.5) is 23.4 Å². The fourth-order valence-corrected chi connectivity index (χ4v) is 2.58. The molecule has 1 amide bonds. The summed E-state index contributed by atoms with van der Waals surface area (Å²) < 4.78 is 59.8. The molecule has 0 atom stereocenters. The van der Waals surface area contributed by atoms with E-state index in [1.807, 2.05) is 5.32 Å². The molecule has 0 radical (unpaired) electrons. The molecule has 1 heterocycles. The summed E-state index contributed by atoms with van der Waals surface area (Å²) in [6.07, 6.45) is 0. The molecule has 0 spiro atoms. The average Bonchev–Trinajstić information content (AvgIpc) is 2.99. The molecular formula is C18H11F4N3O4. The van der Waals surface area contributed by atoms with Crippen LogP contribution in [0.15, 0.2) is 36.4 Å². The lowest BCUT2D eigenvalue weighted by Crippen LogP contribution is -2.19. The summed E-state index contributed by atoms with van der Waals surface area (Å²) in [6, 6.07) is 4.88. The Morgan fingerprint density at radius 3 is 2.14 bits per heavy atom. The predicted octanol–water partition coefficient (Wildman–Crippen LogP) is 3.39. The first-order valence-electron chi connectivity index (χ1n) is 7.84. The quantitative estimate of drug-likeness (QED) is 0.631. The number of aromatic nitrogens is 2. The number of benzene rings is 2. The molecule has 29 heavy (non-hydrogen) atoms. The van der Waals surface area contributed by atoms with Gasteiger partial charge in [-0.05, 0) is 24.3 Å². The summed E-state index contributed by atoms with van der Waals surface area (Å²) in [6.45, 7) is 0. The lowest BCUT2D eigenvalue weighted by atomic mass is 10.1. The van der Waals surface area contributed by atoms with Gasteiger partial charge >= 0.3 is 12.0 Å². The van der Waals surface area contributed by atoms with Crippen LogP contribution in [0.2, 0.25) is 0 Å². The van der Waals surface area contributed by atoms with E-state index in [0.717, 1.165) is 16.7 Å². The number of carbonyl (C=O) groups is 2. The van der Waals surface area contributed by atoms with Crippen LogP contribution in [0, 0.1) is 23.3 Å². The predicted molar refractivity (Wildman–Crippen MR) is 91.3 cm³/mol. The largest absolute Gasteiger partial charge is 0.476 e. The van der Waals surface area contributed by atoms with Crippen LogP contribution < -0.4 is 10.1 Å². The molecule has 1 aromatic heterocycles. The number of methoxy groups -OCH3 is 1. The van der Waals surface area contributed by atoms with Crippen molar-refractivity contribution in [2.45, 2.75) is 0 Å². The Kier molecular flexibility index (Phi) is 5.22. The van der Waals surface area contributed by atoms with E-state index in [0.29, 0.717) is 12.1 Å². The Hall–Kier alpha value is -3.89. The molecule has 7 nitrogen and oxygen atoms in total. The molecule has 3 aromatic rings. The number of carbonyl (C=O) groups excluding carboxylic acids is 1. The number of anilines is 1. The van der Waals surface area contributed by atoms with Crippen LogP contribution >= 0.6 is 0 Å². The first kappa shape index (κ1) is 19.9. The maximum absolute atomic E-state index is 13.8. The fraction of sp³-hybridized carbons (Fsp3) is 0.0556. The first-order chi connectivity index (χ1) is 13.7. The van der Waals surface area contributed by atoms with Gasteiger partial charge in [-0.25, -0.2) is 22.4 Å². The number of carboxylic acid groups (broad SMARTS) is 1. The van der Waals surface area contributed by atoms with Gasteiger partial charge in [0.2, 0.25) is 0 Å². The smallest absolute Gasteiger partial charge is 0.356 e. The Morgan fingerprint density at radius 2 is 1.62 bits per heavy atom. The van der Waals surface area contributed by atoms with E-state index in [-0.39, 0.29) is 11.7 Å². The maximum Gasteiger partial charge on any atom is 0.356 e. The second-order valence-corrected chi connectivity index (χ2v) is 5.61. The van der Waals surface area contributed by atoms with E-state index >= 15 is 0 Å². The van der Waals surface area contributed by atoms with Crippen molar-refractivity contribution in [3.63, 3.8) is 0 Å². The third-order valence-electron chi connectivity index (χ3n) is 3.78. The molecule has 0 fully saturated rings. The molecule has 0 aliphatic heterocycles. The van der Waals surface area contributed by atoms with Crippen LogP contribution in [-0.2, 0) is 0 Å². The standard InChI is InChI=1S/C18H11F4N3O4/c1-29-18-24-15(23-16(26)13-11(21)6-9(20)7-12(13)22)14(17(27)28)25(18)10-4-2-8(19)3-5-10/h2-7H,1H3,(H,23,26)(H,27,28). The minimum Gasteiger partial charge on any atom is -0.476 e. The number of ether oxygens (including phenoxy) is 1. The molecule has 0 saturated carbocycles. The Labute approximate surface area is 160 Å². The molecule has 0 aliphatic rings. The van der Waals surface area contributed by atoms with E-state index in [1.165, 1.54) is 19.2 Å². The van der Waals surface area contributed by atoms with Gasteiger partial charge in [0, 0.05) is 12.1 Å². The fourth-order valence-electron chi connectivity index (χ4n) is 2.58. The number of aromatic carboxylic acids is 1. The summed E-state index contributed by atoms with van der Waals surface area (Å²) in [4.78, 5) is 27.9. The van der Waals surface area contributed by atoms with Crippen molar-refractivity contribution in [2.24, 2.45) is 0 Å². The van der Waals surface area contributed by atoms with Crippen LogP contribution in [0.3, 0.4) is 0 Å². The summed E-state index contributed by atoms with van der Waals surface area (Å²) >= 11 is 0. The zero-order chi connectivity index (χ0) is 21.3. The van der Waals surface area contributed by atoms with Crippen LogP contribution in [0.25, 0.3) is 5.69 Å². The van der Waals surface area contributed by atoms with Crippen molar-refractivity contribution < 1.29 is 37.0 Å². The van der Waals surface area contributed by atoms with E-state index in [2.05, 4.69) is 4.98 Å². The Balaban J connectivity index is 2.10. The van der Waals surface area contributed by atoms with Crippen molar-refractivity contribution in [1.82, 2.24) is 9.55 Å². The van der Waals surface area contributed by atoms with Crippen molar-refractivity contribution in [1.29, 1.82) is 0 Å². The summed E-state index contributed by atoms with van der Waals surface area (Å²) in [5.41, 5.74) is -1.62. The Bertz CT molecular complexity index is 1090. The topological polar surface area (TPSA) is 93.4 Å². The highest BCUT2D eigenvalue weighted by Crippen LogP contribution is 2.28. The van der Waals surface area contributed by atoms with E-state index < -0.39 is 52.2 Å². The number of rotatable bonds is 5. The molecule has 3 rings (SSSR count). The zero-order valence-electron chi connectivity index (χ0n) is 14.5. The third-order valence-corrected chi connectivity index (χ3v) is 3.78. The maximum atomic E-state index is 13.8. The van der Waals surface area contributed by atoms with Crippen molar-refractivity contribution >= 4 is 17.7 Å². The number of hydrogen-bond acceptors (Lipinski definition) is 4. The minimum atomic E-state index is -1.57.